The number of hydrogen-bond donors (Lipinski definition) is 4. The molecule has 5 N–H and O–H groups in total. The molecule has 130 valence electrons. The molecule has 1 aliphatic heterocycles. The number of H-pyrrole nitrogens is 1. The number of anilines is 1. The van der Waals surface area contributed by atoms with Gasteiger partial charge in [-0.2, -0.15) is 0 Å². The molecule has 0 aliphatic carbocycles. The molecule has 0 saturated carbocycles. The summed E-state index contributed by atoms with van der Waals surface area (Å²) in [5, 5.41) is 18.8. The fourth-order valence-electron chi connectivity index (χ4n) is 2.61. The Morgan fingerprint density at radius 2 is 1.88 bits per heavy atom. The maximum atomic E-state index is 12.0. The molecule has 3 rings (SSSR count). The van der Waals surface area contributed by atoms with E-state index in [1.807, 2.05) is 4.98 Å². The van der Waals surface area contributed by atoms with Crippen LogP contribution in [0.4, 0.5) is 5.82 Å². The van der Waals surface area contributed by atoms with Crippen LogP contribution in [0.1, 0.15) is 20.7 Å². The highest BCUT2D eigenvalue weighted by Gasteiger charge is 2.29. The van der Waals surface area contributed by atoms with Gasteiger partial charge in [0.1, 0.15) is 16.9 Å². The minimum Gasteiger partial charge on any atom is -0.493 e. The lowest BCUT2D eigenvalue weighted by molar-refractivity contribution is 0.0695. The summed E-state index contributed by atoms with van der Waals surface area (Å²) >= 11 is 0. The summed E-state index contributed by atoms with van der Waals surface area (Å²) in [7, 11) is 1.35. The largest absolute Gasteiger partial charge is 0.493 e. The van der Waals surface area contributed by atoms with Crippen LogP contribution < -0.4 is 25.5 Å². The van der Waals surface area contributed by atoms with Crippen LogP contribution >= 0.6 is 0 Å². The predicted octanol–water partition coefficient (Wildman–Crippen LogP) is 0.758. The molecule has 1 aromatic heterocycles. The summed E-state index contributed by atoms with van der Waals surface area (Å²) in [4.78, 5) is 37.2. The Bertz CT molecular complexity index is 963. The summed E-state index contributed by atoms with van der Waals surface area (Å²) in [6.45, 7) is -0.0791. The highest BCUT2D eigenvalue weighted by atomic mass is 16.7. The van der Waals surface area contributed by atoms with Gasteiger partial charge in [0.05, 0.1) is 7.11 Å². The Morgan fingerprint density at radius 1 is 1.20 bits per heavy atom. The lowest BCUT2D eigenvalue weighted by atomic mass is 9.95. The topological polar surface area (TPSA) is 161 Å². The SMILES string of the molecule is COc1cc(-c2c(C(=O)O)c(N)[nH]c(=O)c2C(=O)O)cc2c1OCO2. The molecule has 0 radical (unpaired) electrons. The highest BCUT2D eigenvalue weighted by molar-refractivity contribution is 6.07. The quantitative estimate of drug-likeness (QED) is 0.625. The van der Waals surface area contributed by atoms with Crippen LogP contribution in [0.15, 0.2) is 16.9 Å². The third kappa shape index (κ3) is 2.49. The van der Waals surface area contributed by atoms with Gasteiger partial charge in [0.2, 0.25) is 12.5 Å². The van der Waals surface area contributed by atoms with Gasteiger partial charge < -0.3 is 35.1 Å². The zero-order valence-electron chi connectivity index (χ0n) is 12.8. The van der Waals surface area contributed by atoms with Crippen molar-refractivity contribution in [1.29, 1.82) is 0 Å². The Balaban J connectivity index is 2.43. The van der Waals surface area contributed by atoms with Crippen LogP contribution in [0, 0.1) is 0 Å². The number of nitrogen functional groups attached to an aromatic ring is 1. The van der Waals surface area contributed by atoms with Crippen molar-refractivity contribution in [2.24, 2.45) is 0 Å². The van der Waals surface area contributed by atoms with E-state index < -0.39 is 34.4 Å². The number of rotatable bonds is 4. The minimum atomic E-state index is -1.60. The Labute approximate surface area is 139 Å². The minimum absolute atomic E-state index is 0.0775. The number of aromatic carboxylic acids is 2. The second-order valence-corrected chi connectivity index (χ2v) is 5.02. The molecule has 0 spiro atoms. The molecule has 0 amide bonds. The van der Waals surface area contributed by atoms with E-state index in [0.717, 1.165) is 0 Å². The number of carboxylic acids is 2. The zero-order valence-corrected chi connectivity index (χ0v) is 12.8. The fourth-order valence-corrected chi connectivity index (χ4v) is 2.61. The number of aromatic amines is 1. The first-order chi connectivity index (χ1) is 11.8. The van der Waals surface area contributed by atoms with E-state index in [1.165, 1.54) is 19.2 Å². The molecule has 0 unspecified atom stereocenters. The lowest BCUT2D eigenvalue weighted by Gasteiger charge is -2.14. The van der Waals surface area contributed by atoms with Crippen LogP contribution in [0.2, 0.25) is 0 Å². The number of carboxylic acid groups (broad SMARTS) is 2. The second-order valence-electron chi connectivity index (χ2n) is 5.02. The average Bonchev–Trinajstić information content (AvgIpc) is 3.00. The number of ether oxygens (including phenoxy) is 3. The van der Waals surface area contributed by atoms with Gasteiger partial charge >= 0.3 is 11.9 Å². The normalized spacial score (nSPS) is 12.0. The molecule has 1 aliphatic rings. The predicted molar refractivity (Wildman–Crippen MR) is 83.5 cm³/mol. The van der Waals surface area contributed by atoms with E-state index in [2.05, 4.69) is 0 Å². The molecule has 25 heavy (non-hydrogen) atoms. The first-order valence-electron chi connectivity index (χ1n) is 6.85. The maximum absolute atomic E-state index is 12.0. The van der Waals surface area contributed by atoms with E-state index in [-0.39, 0.29) is 35.2 Å². The van der Waals surface area contributed by atoms with E-state index in [0.29, 0.717) is 0 Å². The van der Waals surface area contributed by atoms with Crippen LogP contribution in [-0.4, -0.2) is 41.0 Å². The van der Waals surface area contributed by atoms with Crippen molar-refractivity contribution in [3.63, 3.8) is 0 Å². The highest BCUT2D eigenvalue weighted by Crippen LogP contribution is 2.45. The summed E-state index contributed by atoms with van der Waals surface area (Å²) in [5.41, 5.74) is 3.00. The van der Waals surface area contributed by atoms with Crippen molar-refractivity contribution in [2.45, 2.75) is 0 Å². The number of nitrogens with one attached hydrogen (secondary N) is 1. The summed E-state index contributed by atoms with van der Waals surface area (Å²) < 4.78 is 15.7. The summed E-state index contributed by atoms with van der Waals surface area (Å²) in [6, 6.07) is 2.71. The fraction of sp³-hybridized carbons (Fsp3) is 0.133. The molecule has 10 nitrogen and oxygen atoms in total. The van der Waals surface area contributed by atoms with E-state index in [4.69, 9.17) is 19.9 Å². The lowest BCUT2D eigenvalue weighted by Crippen LogP contribution is -2.24. The average molecular weight is 348 g/mol. The second kappa shape index (κ2) is 5.74. The van der Waals surface area contributed by atoms with Gasteiger partial charge in [0.15, 0.2) is 11.5 Å². The number of pyridine rings is 1. The van der Waals surface area contributed by atoms with Crippen molar-refractivity contribution in [2.75, 3.05) is 19.6 Å². The Hall–Kier alpha value is -3.69. The van der Waals surface area contributed by atoms with Crippen LogP contribution in [0.5, 0.6) is 17.2 Å². The molecule has 2 aromatic rings. The zero-order chi connectivity index (χ0) is 18.3. The van der Waals surface area contributed by atoms with Crippen LogP contribution in [0.25, 0.3) is 11.1 Å². The van der Waals surface area contributed by atoms with Crippen molar-refractivity contribution in [3.05, 3.63) is 33.6 Å². The van der Waals surface area contributed by atoms with Gasteiger partial charge in [0, 0.05) is 5.56 Å². The molecule has 0 atom stereocenters. The van der Waals surface area contributed by atoms with Crippen molar-refractivity contribution < 1.29 is 34.0 Å². The molecule has 2 heterocycles. The Kier molecular flexibility index (Phi) is 3.72. The third-order valence-corrected chi connectivity index (χ3v) is 3.62. The smallest absolute Gasteiger partial charge is 0.342 e. The van der Waals surface area contributed by atoms with Gasteiger partial charge in [-0.25, -0.2) is 9.59 Å². The number of nitrogens with two attached hydrogens (primary N) is 1. The molecule has 0 saturated heterocycles. The van der Waals surface area contributed by atoms with Gasteiger partial charge in [-0.3, -0.25) is 4.79 Å². The molecule has 0 fully saturated rings. The molecule has 10 heteroatoms. The molecular formula is C15H12N2O8. The van der Waals surface area contributed by atoms with Crippen molar-refractivity contribution >= 4 is 17.8 Å². The van der Waals surface area contributed by atoms with Gasteiger partial charge in [-0.05, 0) is 17.7 Å². The summed E-state index contributed by atoms with van der Waals surface area (Å²) in [5.74, 6) is -2.86. The van der Waals surface area contributed by atoms with Crippen LogP contribution in [-0.2, 0) is 0 Å². The molecular weight excluding hydrogens is 336 g/mol. The van der Waals surface area contributed by atoms with E-state index in [1.54, 1.807) is 0 Å². The van der Waals surface area contributed by atoms with E-state index >= 15 is 0 Å². The number of benzene rings is 1. The number of aromatic nitrogens is 1. The summed E-state index contributed by atoms with van der Waals surface area (Å²) in [6.07, 6.45) is 0. The molecule has 0 bridgehead atoms. The standard InChI is InChI=1S/C15H12N2O8/c1-23-6-2-5(3-7-11(6)25-4-24-7)8-9(14(19)20)12(16)17-13(18)10(8)15(21)22/h2-3H,4H2,1H3,(H,19,20)(H,21,22)(H3,16,17,18). The molecule has 1 aromatic carbocycles. The van der Waals surface area contributed by atoms with Crippen molar-refractivity contribution in [3.8, 4) is 28.4 Å². The van der Waals surface area contributed by atoms with Gasteiger partial charge in [0.25, 0.3) is 5.56 Å². The Morgan fingerprint density at radius 3 is 2.48 bits per heavy atom. The first kappa shape index (κ1) is 16.2. The van der Waals surface area contributed by atoms with Crippen molar-refractivity contribution in [1.82, 2.24) is 4.98 Å². The number of methoxy groups -OCH3 is 1. The van der Waals surface area contributed by atoms with E-state index in [9.17, 15) is 24.6 Å². The van der Waals surface area contributed by atoms with Gasteiger partial charge in [-0.1, -0.05) is 0 Å². The monoisotopic (exact) mass is 348 g/mol. The number of hydrogen-bond acceptors (Lipinski definition) is 7. The number of carbonyl (C=O) groups is 2. The van der Waals surface area contributed by atoms with Gasteiger partial charge in [-0.15, -0.1) is 0 Å². The maximum Gasteiger partial charge on any atom is 0.342 e. The third-order valence-electron chi connectivity index (χ3n) is 3.62. The number of fused-ring (bicyclic) bond motifs is 1. The van der Waals surface area contributed by atoms with Crippen LogP contribution in [0.3, 0.4) is 0 Å². The first-order valence-corrected chi connectivity index (χ1v) is 6.85.